The molecule has 0 aliphatic heterocycles. The third-order valence-corrected chi connectivity index (χ3v) is 3.17. The molecule has 0 radical (unpaired) electrons. The van der Waals surface area contributed by atoms with E-state index in [4.69, 9.17) is 16.3 Å². The van der Waals surface area contributed by atoms with Crippen LogP contribution in [0.15, 0.2) is 29.1 Å². The first-order chi connectivity index (χ1) is 9.27. The van der Waals surface area contributed by atoms with Gasteiger partial charge in [-0.3, -0.25) is 9.36 Å². The molecule has 0 saturated heterocycles. The molecule has 102 valence electrons. The van der Waals surface area contributed by atoms with Crippen molar-refractivity contribution in [3.63, 3.8) is 0 Å². The number of hydrogen-bond donors (Lipinski definition) is 0. The highest BCUT2D eigenvalue weighted by Gasteiger charge is 2.09. The minimum Gasteiger partial charge on any atom is -0.382 e. The van der Waals surface area contributed by atoms with E-state index in [1.165, 1.54) is 0 Å². The number of hydrogen-bond acceptors (Lipinski definition) is 3. The van der Waals surface area contributed by atoms with Crippen LogP contribution < -0.4 is 5.56 Å². The van der Waals surface area contributed by atoms with Crippen molar-refractivity contribution in [3.8, 4) is 0 Å². The summed E-state index contributed by atoms with van der Waals surface area (Å²) >= 11 is 5.89. The first-order valence-corrected chi connectivity index (χ1v) is 6.93. The monoisotopic (exact) mass is 280 g/mol. The largest absolute Gasteiger partial charge is 0.382 e. The molecular weight excluding hydrogens is 264 g/mol. The Hall–Kier alpha value is -1.39. The summed E-state index contributed by atoms with van der Waals surface area (Å²) in [5.74, 6) is 0.844. The third kappa shape index (κ3) is 3.14. The molecule has 19 heavy (non-hydrogen) atoms. The zero-order valence-electron chi connectivity index (χ0n) is 10.9. The molecule has 1 aromatic heterocycles. The second kappa shape index (κ2) is 6.68. The molecule has 0 amide bonds. The van der Waals surface area contributed by atoms with E-state index in [0.717, 1.165) is 6.42 Å². The molecule has 0 aliphatic carbocycles. The van der Waals surface area contributed by atoms with Crippen LogP contribution in [0, 0.1) is 0 Å². The molecule has 0 atom stereocenters. The average molecular weight is 281 g/mol. The Bertz CT molecular complexity index is 610. The molecule has 0 N–H and O–H groups in total. The number of alkyl halides is 1. The standard InChI is InChI=1S/C14H17ClN2O2/c1-2-19-9-5-8-17-13(10-15)16-12-7-4-3-6-11(12)14(17)18/h3-4,6-7H,2,5,8-10H2,1H3. The van der Waals surface area contributed by atoms with Crippen LogP contribution in [0.25, 0.3) is 10.9 Å². The lowest BCUT2D eigenvalue weighted by atomic mass is 10.2. The fourth-order valence-electron chi connectivity index (χ4n) is 2.02. The molecule has 5 heteroatoms. The maximum Gasteiger partial charge on any atom is 0.261 e. The van der Waals surface area contributed by atoms with Gasteiger partial charge in [0, 0.05) is 19.8 Å². The molecule has 0 fully saturated rings. The van der Waals surface area contributed by atoms with E-state index >= 15 is 0 Å². The van der Waals surface area contributed by atoms with E-state index < -0.39 is 0 Å². The van der Waals surface area contributed by atoms with Gasteiger partial charge in [0.15, 0.2) is 0 Å². The fraction of sp³-hybridized carbons (Fsp3) is 0.429. The molecule has 0 unspecified atom stereocenters. The number of nitrogens with zero attached hydrogens (tertiary/aromatic N) is 2. The van der Waals surface area contributed by atoms with Crippen LogP contribution in [-0.4, -0.2) is 22.8 Å². The van der Waals surface area contributed by atoms with Gasteiger partial charge in [-0.25, -0.2) is 4.98 Å². The zero-order chi connectivity index (χ0) is 13.7. The maximum atomic E-state index is 12.4. The van der Waals surface area contributed by atoms with E-state index in [9.17, 15) is 4.79 Å². The van der Waals surface area contributed by atoms with E-state index in [1.807, 2.05) is 25.1 Å². The number of aromatic nitrogens is 2. The Morgan fingerprint density at radius 3 is 2.89 bits per heavy atom. The summed E-state index contributed by atoms with van der Waals surface area (Å²) in [4.78, 5) is 16.8. The minimum atomic E-state index is -0.0299. The highest BCUT2D eigenvalue weighted by atomic mass is 35.5. The van der Waals surface area contributed by atoms with Crippen LogP contribution in [0.1, 0.15) is 19.2 Å². The lowest BCUT2D eigenvalue weighted by molar-refractivity contribution is 0.141. The molecule has 0 bridgehead atoms. The quantitative estimate of drug-likeness (QED) is 0.603. The highest BCUT2D eigenvalue weighted by molar-refractivity contribution is 6.16. The molecule has 4 nitrogen and oxygen atoms in total. The molecule has 2 aromatic rings. The van der Waals surface area contributed by atoms with Crippen LogP contribution in [0.3, 0.4) is 0 Å². The Kier molecular flexibility index (Phi) is 4.93. The second-order valence-corrected chi connectivity index (χ2v) is 4.45. The predicted molar refractivity (Wildman–Crippen MR) is 76.7 cm³/mol. The van der Waals surface area contributed by atoms with Crippen molar-refractivity contribution in [1.82, 2.24) is 9.55 Å². The smallest absolute Gasteiger partial charge is 0.261 e. The van der Waals surface area contributed by atoms with Crippen molar-refractivity contribution in [2.75, 3.05) is 13.2 Å². The van der Waals surface area contributed by atoms with Crippen LogP contribution >= 0.6 is 11.6 Å². The summed E-state index contributed by atoms with van der Waals surface area (Å²) in [5, 5.41) is 0.632. The van der Waals surface area contributed by atoms with Crippen LogP contribution in [0.4, 0.5) is 0 Å². The topological polar surface area (TPSA) is 44.1 Å². The SMILES string of the molecule is CCOCCCn1c(CCl)nc2ccccc2c1=O. The number of fused-ring (bicyclic) bond motifs is 1. The Balaban J connectivity index is 2.35. The predicted octanol–water partition coefficient (Wildman–Crippen LogP) is 2.56. The summed E-state index contributed by atoms with van der Waals surface area (Å²) in [6.45, 7) is 3.86. The Labute approximate surface area is 117 Å². The van der Waals surface area contributed by atoms with Gasteiger partial charge in [-0.05, 0) is 25.5 Å². The van der Waals surface area contributed by atoms with Crippen LogP contribution in [-0.2, 0) is 17.2 Å². The van der Waals surface area contributed by atoms with Crippen molar-refractivity contribution >= 4 is 22.5 Å². The summed E-state index contributed by atoms with van der Waals surface area (Å²) in [7, 11) is 0. The van der Waals surface area contributed by atoms with Gasteiger partial charge in [0.2, 0.25) is 0 Å². The van der Waals surface area contributed by atoms with Crippen molar-refractivity contribution in [1.29, 1.82) is 0 Å². The molecule has 2 rings (SSSR count). The Morgan fingerprint density at radius 1 is 1.37 bits per heavy atom. The third-order valence-electron chi connectivity index (χ3n) is 2.93. The zero-order valence-corrected chi connectivity index (χ0v) is 11.7. The van der Waals surface area contributed by atoms with Crippen LogP contribution in [0.2, 0.25) is 0 Å². The highest BCUT2D eigenvalue weighted by Crippen LogP contribution is 2.09. The van der Waals surface area contributed by atoms with Crippen molar-refractivity contribution in [2.45, 2.75) is 25.8 Å². The molecule has 0 spiro atoms. The van der Waals surface area contributed by atoms with Gasteiger partial charge in [0.25, 0.3) is 5.56 Å². The molecule has 0 saturated carbocycles. The molecule has 1 aromatic carbocycles. The molecular formula is C14H17ClN2O2. The van der Waals surface area contributed by atoms with Gasteiger partial charge in [0.05, 0.1) is 16.8 Å². The van der Waals surface area contributed by atoms with E-state index in [-0.39, 0.29) is 11.4 Å². The van der Waals surface area contributed by atoms with Gasteiger partial charge in [-0.15, -0.1) is 11.6 Å². The summed E-state index contributed by atoms with van der Waals surface area (Å²) in [5.41, 5.74) is 0.668. The van der Waals surface area contributed by atoms with Crippen molar-refractivity contribution in [2.24, 2.45) is 0 Å². The van der Waals surface area contributed by atoms with Crippen molar-refractivity contribution in [3.05, 3.63) is 40.4 Å². The number of halogens is 1. The van der Waals surface area contributed by atoms with Gasteiger partial charge in [0.1, 0.15) is 5.82 Å². The van der Waals surface area contributed by atoms with Gasteiger partial charge < -0.3 is 4.74 Å². The van der Waals surface area contributed by atoms with Gasteiger partial charge in [-0.2, -0.15) is 0 Å². The molecule has 1 heterocycles. The van der Waals surface area contributed by atoms with Crippen LogP contribution in [0.5, 0.6) is 0 Å². The van der Waals surface area contributed by atoms with E-state index in [1.54, 1.807) is 10.6 Å². The average Bonchev–Trinajstić information content (AvgIpc) is 2.45. The number of ether oxygens (including phenoxy) is 1. The Morgan fingerprint density at radius 2 is 2.16 bits per heavy atom. The maximum absolute atomic E-state index is 12.4. The van der Waals surface area contributed by atoms with Gasteiger partial charge in [-0.1, -0.05) is 12.1 Å². The minimum absolute atomic E-state index is 0.0299. The van der Waals surface area contributed by atoms with Crippen molar-refractivity contribution < 1.29 is 4.74 Å². The van der Waals surface area contributed by atoms with E-state index in [0.29, 0.717) is 36.5 Å². The first kappa shape index (κ1) is 14.0. The van der Waals surface area contributed by atoms with Gasteiger partial charge >= 0.3 is 0 Å². The summed E-state index contributed by atoms with van der Waals surface area (Å²) in [6, 6.07) is 7.33. The number of rotatable bonds is 6. The molecule has 0 aliphatic rings. The summed E-state index contributed by atoms with van der Waals surface area (Å²) in [6.07, 6.45) is 0.775. The normalized spacial score (nSPS) is 11.1. The lowest BCUT2D eigenvalue weighted by Gasteiger charge is -2.11. The summed E-state index contributed by atoms with van der Waals surface area (Å²) < 4.78 is 6.93. The first-order valence-electron chi connectivity index (χ1n) is 6.40. The number of para-hydroxylation sites is 1. The fourth-order valence-corrected chi connectivity index (χ4v) is 2.22. The lowest BCUT2D eigenvalue weighted by Crippen LogP contribution is -2.25. The van der Waals surface area contributed by atoms with E-state index in [2.05, 4.69) is 4.98 Å². The second-order valence-electron chi connectivity index (χ2n) is 4.19. The number of benzene rings is 1.